The summed E-state index contributed by atoms with van der Waals surface area (Å²) >= 11 is 5.87. The molecule has 7 heteroatoms. The first-order chi connectivity index (χ1) is 9.77. The number of rotatable bonds is 2. The molecule has 2 N–H and O–H groups in total. The SMILES string of the molecule is O=C(Nc1ccc(O)cc1Cl)C1CCC(C(F)(F)F)CC1. The first-order valence-electron chi connectivity index (χ1n) is 6.63. The van der Waals surface area contributed by atoms with E-state index >= 15 is 0 Å². The van der Waals surface area contributed by atoms with E-state index in [-0.39, 0.29) is 42.4 Å². The van der Waals surface area contributed by atoms with E-state index in [0.29, 0.717) is 5.69 Å². The van der Waals surface area contributed by atoms with Crippen LogP contribution in [0.5, 0.6) is 5.75 Å². The standard InChI is InChI=1S/C14H15ClF3NO2/c15-11-7-10(20)5-6-12(11)19-13(21)8-1-3-9(4-2-8)14(16,17)18/h5-9,20H,1-4H2,(H,19,21). The van der Waals surface area contributed by atoms with Crippen LogP contribution in [0.2, 0.25) is 5.02 Å². The van der Waals surface area contributed by atoms with Gasteiger partial charge in [-0.2, -0.15) is 13.2 Å². The van der Waals surface area contributed by atoms with E-state index in [2.05, 4.69) is 5.32 Å². The summed E-state index contributed by atoms with van der Waals surface area (Å²) in [5, 5.41) is 12.0. The van der Waals surface area contributed by atoms with Crippen molar-refractivity contribution in [1.29, 1.82) is 0 Å². The summed E-state index contributed by atoms with van der Waals surface area (Å²) in [5.41, 5.74) is 0.345. The molecule has 0 spiro atoms. The zero-order valence-electron chi connectivity index (χ0n) is 11.1. The lowest BCUT2D eigenvalue weighted by Gasteiger charge is -2.29. The lowest BCUT2D eigenvalue weighted by Crippen LogP contribution is -2.32. The normalized spacial score (nSPS) is 22.9. The maximum absolute atomic E-state index is 12.6. The smallest absolute Gasteiger partial charge is 0.391 e. The number of aromatic hydroxyl groups is 1. The van der Waals surface area contributed by atoms with E-state index in [0.717, 1.165) is 0 Å². The van der Waals surface area contributed by atoms with Crippen molar-refractivity contribution < 1.29 is 23.1 Å². The number of phenolic OH excluding ortho intramolecular Hbond substituents is 1. The van der Waals surface area contributed by atoms with E-state index in [1.807, 2.05) is 0 Å². The van der Waals surface area contributed by atoms with Crippen molar-refractivity contribution in [1.82, 2.24) is 0 Å². The van der Waals surface area contributed by atoms with Crippen molar-refractivity contribution in [3.05, 3.63) is 23.2 Å². The number of benzene rings is 1. The van der Waals surface area contributed by atoms with Gasteiger partial charge >= 0.3 is 6.18 Å². The molecule has 0 radical (unpaired) electrons. The molecular formula is C14H15ClF3NO2. The van der Waals surface area contributed by atoms with Crippen LogP contribution >= 0.6 is 11.6 Å². The number of alkyl halides is 3. The second-order valence-corrected chi connectivity index (χ2v) is 5.65. The summed E-state index contributed by atoms with van der Waals surface area (Å²) in [6.45, 7) is 0. The largest absolute Gasteiger partial charge is 0.508 e. The Hall–Kier alpha value is -1.43. The minimum absolute atomic E-state index is 0.0229. The van der Waals surface area contributed by atoms with Gasteiger partial charge in [-0.05, 0) is 37.8 Å². The third-order valence-electron chi connectivity index (χ3n) is 3.77. The minimum Gasteiger partial charge on any atom is -0.508 e. The van der Waals surface area contributed by atoms with Crippen molar-refractivity contribution >= 4 is 23.2 Å². The molecule has 2 rings (SSSR count). The predicted octanol–water partition coefficient (Wildman–Crippen LogP) is 4.35. The number of hydrogen-bond acceptors (Lipinski definition) is 2. The number of halogens is 4. The van der Waals surface area contributed by atoms with E-state index in [1.165, 1.54) is 18.2 Å². The molecule has 1 aliphatic rings. The molecule has 0 aromatic heterocycles. The Morgan fingerprint density at radius 3 is 2.38 bits per heavy atom. The van der Waals surface area contributed by atoms with Gasteiger partial charge in [0.15, 0.2) is 0 Å². The Morgan fingerprint density at radius 1 is 1.24 bits per heavy atom. The van der Waals surface area contributed by atoms with Crippen LogP contribution in [0.1, 0.15) is 25.7 Å². The second-order valence-electron chi connectivity index (χ2n) is 5.24. The molecule has 0 bridgehead atoms. The average molecular weight is 322 g/mol. The Kier molecular flexibility index (Phi) is 4.66. The highest BCUT2D eigenvalue weighted by Gasteiger charge is 2.42. The third kappa shape index (κ3) is 4.03. The second kappa shape index (κ2) is 6.13. The van der Waals surface area contributed by atoms with Crippen molar-refractivity contribution in [3.63, 3.8) is 0 Å². The van der Waals surface area contributed by atoms with Gasteiger partial charge in [0.05, 0.1) is 16.6 Å². The van der Waals surface area contributed by atoms with E-state index in [1.54, 1.807) is 0 Å². The lowest BCUT2D eigenvalue weighted by molar-refractivity contribution is -0.184. The number of carbonyl (C=O) groups excluding carboxylic acids is 1. The Morgan fingerprint density at radius 2 is 1.86 bits per heavy atom. The molecule has 1 aromatic carbocycles. The fourth-order valence-corrected chi connectivity index (χ4v) is 2.75. The van der Waals surface area contributed by atoms with Gasteiger partial charge in [0.25, 0.3) is 0 Å². The molecule has 0 saturated heterocycles. The molecular weight excluding hydrogens is 307 g/mol. The minimum atomic E-state index is -4.18. The van der Waals surface area contributed by atoms with Gasteiger partial charge in [0, 0.05) is 12.0 Å². The molecule has 1 aromatic rings. The molecule has 116 valence electrons. The van der Waals surface area contributed by atoms with Crippen LogP contribution < -0.4 is 5.32 Å². The maximum atomic E-state index is 12.6. The van der Waals surface area contributed by atoms with Crippen LogP contribution in [0.25, 0.3) is 0 Å². The monoisotopic (exact) mass is 321 g/mol. The fourth-order valence-electron chi connectivity index (χ4n) is 2.52. The lowest BCUT2D eigenvalue weighted by atomic mass is 9.81. The summed E-state index contributed by atoms with van der Waals surface area (Å²) in [4.78, 5) is 12.0. The number of amides is 1. The molecule has 21 heavy (non-hydrogen) atoms. The highest BCUT2D eigenvalue weighted by molar-refractivity contribution is 6.33. The van der Waals surface area contributed by atoms with Gasteiger partial charge in [0.2, 0.25) is 5.91 Å². The number of carbonyl (C=O) groups is 1. The summed E-state index contributed by atoms with van der Waals surface area (Å²) in [7, 11) is 0. The predicted molar refractivity (Wildman–Crippen MR) is 73.2 cm³/mol. The van der Waals surface area contributed by atoms with Crippen molar-refractivity contribution in [3.8, 4) is 5.75 Å². The molecule has 1 fully saturated rings. The van der Waals surface area contributed by atoms with Gasteiger partial charge in [0.1, 0.15) is 5.75 Å². The topological polar surface area (TPSA) is 49.3 Å². The molecule has 1 amide bonds. The summed E-state index contributed by atoms with van der Waals surface area (Å²) < 4.78 is 37.7. The Bertz CT molecular complexity index is 525. The van der Waals surface area contributed by atoms with Gasteiger partial charge in [-0.3, -0.25) is 4.79 Å². The van der Waals surface area contributed by atoms with Crippen LogP contribution in [-0.2, 0) is 4.79 Å². The van der Waals surface area contributed by atoms with Crippen LogP contribution in [0.4, 0.5) is 18.9 Å². The van der Waals surface area contributed by atoms with Crippen LogP contribution in [0.15, 0.2) is 18.2 Å². The molecule has 0 unspecified atom stereocenters. The number of anilines is 1. The molecule has 0 aliphatic heterocycles. The van der Waals surface area contributed by atoms with Crippen molar-refractivity contribution in [2.75, 3.05) is 5.32 Å². The maximum Gasteiger partial charge on any atom is 0.391 e. The molecule has 1 aliphatic carbocycles. The van der Waals surface area contributed by atoms with Crippen LogP contribution in [-0.4, -0.2) is 17.2 Å². The summed E-state index contributed by atoms with van der Waals surface area (Å²) in [6, 6.07) is 4.12. The number of nitrogens with one attached hydrogen (secondary N) is 1. The van der Waals surface area contributed by atoms with Gasteiger partial charge in [-0.15, -0.1) is 0 Å². The molecule has 0 atom stereocenters. The zero-order chi connectivity index (χ0) is 15.6. The highest BCUT2D eigenvalue weighted by atomic mass is 35.5. The number of hydrogen-bond donors (Lipinski definition) is 2. The summed E-state index contributed by atoms with van der Waals surface area (Å²) in [6.07, 6.45) is -3.80. The van der Waals surface area contributed by atoms with Crippen molar-refractivity contribution in [2.45, 2.75) is 31.9 Å². The first kappa shape index (κ1) is 15.9. The Labute approximate surface area is 125 Å². The Balaban J connectivity index is 1.93. The highest BCUT2D eigenvalue weighted by Crippen LogP contribution is 2.40. The first-order valence-corrected chi connectivity index (χ1v) is 7.01. The van der Waals surface area contributed by atoms with E-state index < -0.39 is 18.0 Å². The fraction of sp³-hybridized carbons (Fsp3) is 0.500. The zero-order valence-corrected chi connectivity index (χ0v) is 11.8. The van der Waals surface area contributed by atoms with Crippen molar-refractivity contribution in [2.24, 2.45) is 11.8 Å². The van der Waals surface area contributed by atoms with E-state index in [9.17, 15) is 23.1 Å². The molecule has 3 nitrogen and oxygen atoms in total. The van der Waals surface area contributed by atoms with Gasteiger partial charge in [-0.1, -0.05) is 11.6 Å². The van der Waals surface area contributed by atoms with Crippen LogP contribution in [0.3, 0.4) is 0 Å². The molecule has 0 heterocycles. The van der Waals surface area contributed by atoms with E-state index in [4.69, 9.17) is 11.6 Å². The van der Waals surface area contributed by atoms with Gasteiger partial charge < -0.3 is 10.4 Å². The van der Waals surface area contributed by atoms with Crippen LogP contribution in [0, 0.1) is 11.8 Å². The number of phenols is 1. The average Bonchev–Trinajstić information content (AvgIpc) is 2.41. The molecule has 1 saturated carbocycles. The quantitative estimate of drug-likeness (QED) is 0.795. The third-order valence-corrected chi connectivity index (χ3v) is 4.08. The summed E-state index contributed by atoms with van der Waals surface area (Å²) in [5.74, 6) is -2.10. The van der Waals surface area contributed by atoms with Gasteiger partial charge in [-0.25, -0.2) is 0 Å².